The number of fused-ring (bicyclic) bond motifs is 1. The lowest BCUT2D eigenvalue weighted by Crippen LogP contribution is -2.13. The molecule has 0 aromatic heterocycles. The number of Topliss-reactive ketones (excluding diaryl/α,β-unsaturated/α-hetero) is 1. The zero-order valence-corrected chi connectivity index (χ0v) is 9.44. The second-order valence-electron chi connectivity index (χ2n) is 3.58. The van der Waals surface area contributed by atoms with Gasteiger partial charge in [-0.1, -0.05) is 6.07 Å². The Labute approximate surface area is 92.5 Å². The van der Waals surface area contributed by atoms with E-state index in [4.69, 9.17) is 10.7 Å². The third kappa shape index (κ3) is 2.21. The van der Waals surface area contributed by atoms with E-state index in [-0.39, 0.29) is 10.7 Å². The fraction of sp³-hybridized carbons (Fsp3) is 0.300. The summed E-state index contributed by atoms with van der Waals surface area (Å²) in [5, 5.41) is 0. The lowest BCUT2D eigenvalue weighted by Gasteiger charge is -2.14. The third-order valence-electron chi connectivity index (χ3n) is 2.52. The van der Waals surface area contributed by atoms with Crippen molar-refractivity contribution < 1.29 is 13.2 Å². The highest BCUT2D eigenvalue weighted by Gasteiger charge is 2.18. The van der Waals surface area contributed by atoms with Crippen LogP contribution in [-0.4, -0.2) is 14.2 Å². The van der Waals surface area contributed by atoms with Crippen LogP contribution in [0, 0.1) is 0 Å². The van der Waals surface area contributed by atoms with Crippen molar-refractivity contribution in [2.75, 3.05) is 0 Å². The van der Waals surface area contributed by atoms with Crippen LogP contribution in [0.3, 0.4) is 0 Å². The first-order valence-corrected chi connectivity index (χ1v) is 6.86. The largest absolute Gasteiger partial charge is 0.299 e. The number of rotatable bonds is 1. The molecule has 5 heteroatoms. The molecule has 1 aromatic rings. The van der Waals surface area contributed by atoms with Crippen molar-refractivity contribution in [3.63, 3.8) is 0 Å². The maximum Gasteiger partial charge on any atom is 0.261 e. The molecule has 0 fully saturated rings. The molecule has 0 aliphatic heterocycles. The zero-order chi connectivity index (χ0) is 11.1. The van der Waals surface area contributed by atoms with Crippen LogP contribution in [0.4, 0.5) is 0 Å². The average molecular weight is 245 g/mol. The van der Waals surface area contributed by atoms with Gasteiger partial charge in [0.2, 0.25) is 0 Å². The molecule has 0 atom stereocenters. The van der Waals surface area contributed by atoms with E-state index in [1.165, 1.54) is 12.1 Å². The predicted octanol–water partition coefficient (Wildman–Crippen LogP) is 1.67. The highest BCUT2D eigenvalue weighted by atomic mass is 35.7. The Morgan fingerprint density at radius 2 is 1.87 bits per heavy atom. The SMILES string of the molecule is O=C1CCc2ccc(S(=O)(=O)Cl)cc2C1. The smallest absolute Gasteiger partial charge is 0.261 e. The molecule has 0 radical (unpaired) electrons. The quantitative estimate of drug-likeness (QED) is 0.706. The summed E-state index contributed by atoms with van der Waals surface area (Å²) >= 11 is 0. The first-order chi connectivity index (χ1) is 6.97. The predicted molar refractivity (Wildman–Crippen MR) is 56.5 cm³/mol. The van der Waals surface area contributed by atoms with Crippen LogP contribution in [0.5, 0.6) is 0 Å². The van der Waals surface area contributed by atoms with Crippen LogP contribution in [0.1, 0.15) is 17.5 Å². The molecule has 0 unspecified atom stereocenters. The molecule has 15 heavy (non-hydrogen) atoms. The lowest BCUT2D eigenvalue weighted by atomic mass is 9.91. The maximum atomic E-state index is 11.2. The minimum Gasteiger partial charge on any atom is -0.299 e. The van der Waals surface area contributed by atoms with Gasteiger partial charge in [-0.15, -0.1) is 0 Å². The number of ketones is 1. The van der Waals surface area contributed by atoms with Gasteiger partial charge in [0.1, 0.15) is 5.78 Å². The van der Waals surface area contributed by atoms with Gasteiger partial charge < -0.3 is 0 Å². The fourth-order valence-corrected chi connectivity index (χ4v) is 2.54. The van der Waals surface area contributed by atoms with Gasteiger partial charge >= 0.3 is 0 Å². The number of hydrogen-bond donors (Lipinski definition) is 0. The van der Waals surface area contributed by atoms with Crippen molar-refractivity contribution in [3.05, 3.63) is 29.3 Å². The van der Waals surface area contributed by atoms with E-state index in [0.717, 1.165) is 11.1 Å². The Morgan fingerprint density at radius 3 is 2.53 bits per heavy atom. The zero-order valence-electron chi connectivity index (χ0n) is 7.86. The number of aryl methyl sites for hydroxylation is 1. The molecule has 0 saturated heterocycles. The third-order valence-corrected chi connectivity index (χ3v) is 3.87. The van der Waals surface area contributed by atoms with Gasteiger partial charge in [0.15, 0.2) is 0 Å². The summed E-state index contributed by atoms with van der Waals surface area (Å²) < 4.78 is 22.2. The first-order valence-electron chi connectivity index (χ1n) is 4.55. The summed E-state index contributed by atoms with van der Waals surface area (Å²) in [6.45, 7) is 0. The van der Waals surface area contributed by atoms with Gasteiger partial charge in [0, 0.05) is 23.5 Å². The van der Waals surface area contributed by atoms with Gasteiger partial charge in [-0.2, -0.15) is 0 Å². The number of halogens is 1. The second kappa shape index (κ2) is 3.61. The number of hydrogen-bond acceptors (Lipinski definition) is 3. The van der Waals surface area contributed by atoms with E-state index in [9.17, 15) is 13.2 Å². The van der Waals surface area contributed by atoms with E-state index in [2.05, 4.69) is 0 Å². The van der Waals surface area contributed by atoms with Crippen molar-refractivity contribution >= 4 is 25.5 Å². The minimum absolute atomic E-state index is 0.0672. The molecule has 80 valence electrons. The highest BCUT2D eigenvalue weighted by Crippen LogP contribution is 2.24. The molecule has 0 heterocycles. The summed E-state index contributed by atoms with van der Waals surface area (Å²) in [4.78, 5) is 11.3. The number of carbonyl (C=O) groups is 1. The molecule has 0 spiro atoms. The molecule has 0 N–H and O–H groups in total. The van der Waals surface area contributed by atoms with Crippen LogP contribution in [0.15, 0.2) is 23.1 Å². The fourth-order valence-electron chi connectivity index (χ4n) is 1.74. The van der Waals surface area contributed by atoms with E-state index < -0.39 is 9.05 Å². The average Bonchev–Trinajstić information content (AvgIpc) is 2.15. The molecule has 0 amide bonds. The van der Waals surface area contributed by atoms with Gasteiger partial charge in [-0.25, -0.2) is 8.42 Å². The van der Waals surface area contributed by atoms with E-state index in [1.54, 1.807) is 6.07 Å². The first kappa shape index (κ1) is 10.6. The summed E-state index contributed by atoms with van der Waals surface area (Å²) in [5.41, 5.74) is 1.83. The van der Waals surface area contributed by atoms with Crippen LogP contribution in [-0.2, 0) is 26.7 Å². The topological polar surface area (TPSA) is 51.2 Å². The Balaban J connectivity index is 2.50. The number of carbonyl (C=O) groups excluding carboxylic acids is 1. The lowest BCUT2D eigenvalue weighted by molar-refractivity contribution is -0.118. The Bertz CT molecular complexity index is 519. The van der Waals surface area contributed by atoms with Crippen molar-refractivity contribution in [3.8, 4) is 0 Å². The molecule has 3 nitrogen and oxygen atoms in total. The summed E-state index contributed by atoms with van der Waals surface area (Å²) in [6.07, 6.45) is 1.55. The molecule has 1 aliphatic rings. The maximum absolute atomic E-state index is 11.2. The van der Waals surface area contributed by atoms with Crippen LogP contribution in [0.2, 0.25) is 0 Å². The van der Waals surface area contributed by atoms with Gasteiger partial charge in [-0.3, -0.25) is 4.79 Å². The van der Waals surface area contributed by atoms with Gasteiger partial charge in [-0.05, 0) is 29.7 Å². The molecule has 1 aromatic carbocycles. The van der Waals surface area contributed by atoms with Crippen LogP contribution in [0.25, 0.3) is 0 Å². The van der Waals surface area contributed by atoms with Crippen LogP contribution < -0.4 is 0 Å². The van der Waals surface area contributed by atoms with Gasteiger partial charge in [0.25, 0.3) is 9.05 Å². The molecule has 0 bridgehead atoms. The molecular formula is C10H9ClO3S. The minimum atomic E-state index is -3.69. The molecule has 0 saturated carbocycles. The van der Waals surface area contributed by atoms with Crippen molar-refractivity contribution in [2.24, 2.45) is 0 Å². The second-order valence-corrected chi connectivity index (χ2v) is 6.15. The summed E-state index contributed by atoms with van der Waals surface area (Å²) in [7, 11) is 1.53. The normalized spacial score (nSPS) is 16.2. The standard InChI is InChI=1S/C10H9ClO3S/c11-15(13,14)10-4-2-7-1-3-9(12)5-8(7)6-10/h2,4,6H,1,3,5H2. The van der Waals surface area contributed by atoms with Crippen LogP contribution >= 0.6 is 10.7 Å². The molecule has 1 aliphatic carbocycles. The molecule has 2 rings (SSSR count). The van der Waals surface area contributed by atoms with Crippen molar-refractivity contribution in [1.82, 2.24) is 0 Å². The van der Waals surface area contributed by atoms with E-state index in [1.807, 2.05) is 0 Å². The summed E-state index contributed by atoms with van der Waals surface area (Å²) in [5.74, 6) is 0.145. The van der Waals surface area contributed by atoms with Gasteiger partial charge in [0.05, 0.1) is 4.90 Å². The highest BCUT2D eigenvalue weighted by molar-refractivity contribution is 8.13. The van der Waals surface area contributed by atoms with E-state index >= 15 is 0 Å². The van der Waals surface area contributed by atoms with Crippen molar-refractivity contribution in [1.29, 1.82) is 0 Å². The van der Waals surface area contributed by atoms with Crippen molar-refractivity contribution in [2.45, 2.75) is 24.2 Å². The monoisotopic (exact) mass is 244 g/mol. The number of benzene rings is 1. The van der Waals surface area contributed by atoms with E-state index in [0.29, 0.717) is 19.3 Å². The Hall–Kier alpha value is -0.870. The Kier molecular flexibility index (Phi) is 2.56. The molecular weight excluding hydrogens is 236 g/mol. The summed E-state index contributed by atoms with van der Waals surface area (Å²) in [6, 6.07) is 4.71. The Morgan fingerprint density at radius 1 is 1.13 bits per heavy atom.